The molecule has 0 aliphatic heterocycles. The molecule has 1 atom stereocenters. The van der Waals surface area contributed by atoms with Gasteiger partial charge in [-0.15, -0.1) is 0 Å². The van der Waals surface area contributed by atoms with Crippen LogP contribution in [0.2, 0.25) is 0 Å². The lowest BCUT2D eigenvalue weighted by molar-refractivity contribution is 0.417. The second kappa shape index (κ2) is 5.34. The largest absolute Gasteiger partial charge is 0.332 e. The van der Waals surface area contributed by atoms with E-state index < -0.39 is 0 Å². The first-order valence-electron chi connectivity index (χ1n) is 6.31. The predicted molar refractivity (Wildman–Crippen MR) is 79.3 cm³/mol. The molecule has 3 rings (SSSR count). The van der Waals surface area contributed by atoms with Crippen LogP contribution in [-0.2, 0) is 6.42 Å². The first-order valence-corrected chi connectivity index (χ1v) is 7.10. The van der Waals surface area contributed by atoms with Crippen LogP contribution in [0, 0.1) is 0 Å². The molecule has 1 unspecified atom stereocenters. The van der Waals surface area contributed by atoms with Crippen molar-refractivity contribution in [1.29, 1.82) is 0 Å². The molecule has 0 aliphatic rings. The zero-order valence-electron chi connectivity index (χ0n) is 11.1. The van der Waals surface area contributed by atoms with Crippen molar-refractivity contribution in [2.45, 2.75) is 19.4 Å². The molecular formula is C13H14BrN5O. The van der Waals surface area contributed by atoms with E-state index in [1.165, 1.54) is 0 Å². The number of likely N-dealkylation sites (N-methyl/N-ethyl adjacent to an activating group) is 1. The van der Waals surface area contributed by atoms with Gasteiger partial charge in [-0.05, 0) is 32.2 Å². The summed E-state index contributed by atoms with van der Waals surface area (Å²) < 4.78 is 6.30. The third-order valence-corrected chi connectivity index (χ3v) is 3.67. The van der Waals surface area contributed by atoms with Crippen molar-refractivity contribution >= 4 is 26.8 Å². The molecule has 3 aromatic rings. The van der Waals surface area contributed by atoms with Crippen LogP contribution in [0.15, 0.2) is 27.2 Å². The normalized spacial score (nSPS) is 12.9. The average Bonchev–Trinajstić information content (AvgIpc) is 3.04. The number of nitrogens with one attached hydrogen (secondary N) is 2. The van der Waals surface area contributed by atoms with E-state index >= 15 is 0 Å². The van der Waals surface area contributed by atoms with Gasteiger partial charge in [-0.3, -0.25) is 5.10 Å². The highest BCUT2D eigenvalue weighted by atomic mass is 79.9. The minimum absolute atomic E-state index is 0.297. The van der Waals surface area contributed by atoms with E-state index in [9.17, 15) is 0 Å². The summed E-state index contributed by atoms with van der Waals surface area (Å²) in [6.45, 7) is 2.07. The van der Waals surface area contributed by atoms with E-state index in [1.807, 2.05) is 25.2 Å². The van der Waals surface area contributed by atoms with Gasteiger partial charge in [-0.1, -0.05) is 21.1 Å². The van der Waals surface area contributed by atoms with Crippen LogP contribution in [0.5, 0.6) is 0 Å². The lowest BCUT2D eigenvalue weighted by Crippen LogP contribution is -2.24. The Hall–Kier alpha value is -1.73. The molecule has 7 heteroatoms. The van der Waals surface area contributed by atoms with Crippen molar-refractivity contribution < 1.29 is 4.52 Å². The molecule has 20 heavy (non-hydrogen) atoms. The molecule has 2 N–H and O–H groups in total. The number of halogens is 1. The maximum Gasteiger partial charge on any atom is 0.279 e. The Bertz CT molecular complexity index is 735. The van der Waals surface area contributed by atoms with Crippen molar-refractivity contribution in [3.05, 3.63) is 28.5 Å². The fraction of sp³-hybridized carbons (Fsp3) is 0.308. The summed E-state index contributed by atoms with van der Waals surface area (Å²) in [4.78, 5) is 4.40. The summed E-state index contributed by atoms with van der Waals surface area (Å²) in [5.41, 5.74) is 1.61. The Morgan fingerprint density at radius 3 is 3.10 bits per heavy atom. The van der Waals surface area contributed by atoms with Gasteiger partial charge in [0, 0.05) is 22.3 Å². The van der Waals surface area contributed by atoms with Gasteiger partial charge in [0.25, 0.3) is 5.89 Å². The third-order valence-electron chi connectivity index (χ3n) is 3.18. The van der Waals surface area contributed by atoms with Gasteiger partial charge in [0.05, 0.1) is 5.52 Å². The maximum absolute atomic E-state index is 5.32. The quantitative estimate of drug-likeness (QED) is 0.765. The van der Waals surface area contributed by atoms with Crippen LogP contribution >= 0.6 is 15.9 Å². The molecule has 0 spiro atoms. The maximum atomic E-state index is 5.32. The molecule has 0 saturated heterocycles. The summed E-state index contributed by atoms with van der Waals surface area (Å²) >= 11 is 3.45. The highest BCUT2D eigenvalue weighted by Crippen LogP contribution is 2.27. The third kappa shape index (κ3) is 2.46. The van der Waals surface area contributed by atoms with Crippen molar-refractivity contribution in [3.8, 4) is 11.6 Å². The van der Waals surface area contributed by atoms with Gasteiger partial charge in [0.2, 0.25) is 0 Å². The van der Waals surface area contributed by atoms with Crippen LogP contribution in [0.25, 0.3) is 22.5 Å². The second-order valence-electron chi connectivity index (χ2n) is 4.67. The first-order chi connectivity index (χ1) is 9.67. The molecular weight excluding hydrogens is 322 g/mol. The number of fused-ring (bicyclic) bond motifs is 1. The monoisotopic (exact) mass is 335 g/mol. The summed E-state index contributed by atoms with van der Waals surface area (Å²) in [7, 11) is 1.91. The first kappa shape index (κ1) is 13.3. The number of aromatic nitrogens is 4. The Morgan fingerprint density at radius 2 is 2.30 bits per heavy atom. The smallest absolute Gasteiger partial charge is 0.279 e. The van der Waals surface area contributed by atoms with Crippen molar-refractivity contribution in [3.63, 3.8) is 0 Å². The van der Waals surface area contributed by atoms with E-state index in [2.05, 4.69) is 48.5 Å². The number of hydrogen-bond acceptors (Lipinski definition) is 5. The Balaban J connectivity index is 1.97. The van der Waals surface area contributed by atoms with Gasteiger partial charge in [-0.2, -0.15) is 10.1 Å². The number of rotatable bonds is 4. The van der Waals surface area contributed by atoms with E-state index in [0.29, 0.717) is 29.9 Å². The van der Waals surface area contributed by atoms with Gasteiger partial charge in [-0.25, -0.2) is 0 Å². The molecule has 0 aliphatic carbocycles. The zero-order valence-corrected chi connectivity index (χ0v) is 12.7. The fourth-order valence-corrected chi connectivity index (χ4v) is 2.32. The predicted octanol–water partition coefficient (Wildman–Crippen LogP) is 2.53. The summed E-state index contributed by atoms with van der Waals surface area (Å²) in [6.07, 6.45) is 0.714. The van der Waals surface area contributed by atoms with Gasteiger partial charge < -0.3 is 9.84 Å². The molecule has 0 fully saturated rings. The van der Waals surface area contributed by atoms with E-state index in [-0.39, 0.29) is 0 Å². The van der Waals surface area contributed by atoms with Crippen LogP contribution in [0.1, 0.15) is 12.7 Å². The molecule has 2 aromatic heterocycles. The van der Waals surface area contributed by atoms with Crippen molar-refractivity contribution in [2.75, 3.05) is 7.05 Å². The van der Waals surface area contributed by atoms with Crippen LogP contribution in [0.3, 0.4) is 0 Å². The van der Waals surface area contributed by atoms with Gasteiger partial charge in [0.1, 0.15) is 0 Å². The number of hydrogen-bond donors (Lipinski definition) is 2. The second-order valence-corrected chi connectivity index (χ2v) is 5.59. The fourth-order valence-electron chi connectivity index (χ4n) is 1.96. The summed E-state index contributed by atoms with van der Waals surface area (Å²) in [5.74, 6) is 1.11. The molecule has 0 amide bonds. The molecule has 0 bridgehead atoms. The lowest BCUT2D eigenvalue weighted by Gasteiger charge is -2.04. The highest BCUT2D eigenvalue weighted by molar-refractivity contribution is 9.10. The van der Waals surface area contributed by atoms with Gasteiger partial charge >= 0.3 is 0 Å². The van der Waals surface area contributed by atoms with Crippen LogP contribution < -0.4 is 5.32 Å². The SMILES string of the molecule is CNC(C)Cc1noc(-c2n[nH]c3ccc(Br)cc23)n1. The Labute approximate surface area is 124 Å². The zero-order chi connectivity index (χ0) is 14.1. The topological polar surface area (TPSA) is 79.6 Å². The molecule has 6 nitrogen and oxygen atoms in total. The standard InChI is InChI=1S/C13H14BrN5O/c1-7(15-2)5-11-16-13(20-19-11)12-9-6-8(14)3-4-10(9)17-18-12/h3-4,6-7,15H,5H2,1-2H3,(H,17,18). The minimum Gasteiger partial charge on any atom is -0.332 e. The average molecular weight is 336 g/mol. The molecule has 0 radical (unpaired) electrons. The summed E-state index contributed by atoms with van der Waals surface area (Å²) in [6, 6.07) is 6.19. The lowest BCUT2D eigenvalue weighted by atomic mass is 10.2. The Kier molecular flexibility index (Phi) is 3.54. The van der Waals surface area contributed by atoms with E-state index in [1.54, 1.807) is 0 Å². The number of aromatic amines is 1. The highest BCUT2D eigenvalue weighted by Gasteiger charge is 2.16. The van der Waals surface area contributed by atoms with Crippen molar-refractivity contribution in [2.24, 2.45) is 0 Å². The Morgan fingerprint density at radius 1 is 1.45 bits per heavy atom. The molecule has 2 heterocycles. The van der Waals surface area contributed by atoms with E-state index in [0.717, 1.165) is 15.4 Å². The number of benzene rings is 1. The number of H-pyrrole nitrogens is 1. The summed E-state index contributed by atoms with van der Waals surface area (Å²) in [5, 5.41) is 15.3. The van der Waals surface area contributed by atoms with Crippen molar-refractivity contribution in [1.82, 2.24) is 25.7 Å². The van der Waals surface area contributed by atoms with Crippen LogP contribution in [0.4, 0.5) is 0 Å². The van der Waals surface area contributed by atoms with Gasteiger partial charge in [0.15, 0.2) is 11.5 Å². The molecule has 0 saturated carbocycles. The molecule has 104 valence electrons. The molecule has 1 aromatic carbocycles. The number of nitrogens with zero attached hydrogens (tertiary/aromatic N) is 3. The van der Waals surface area contributed by atoms with Crippen LogP contribution in [-0.4, -0.2) is 33.4 Å². The van der Waals surface area contributed by atoms with E-state index in [4.69, 9.17) is 4.52 Å². The minimum atomic E-state index is 0.297.